The van der Waals surface area contributed by atoms with Crippen molar-refractivity contribution in [1.29, 1.82) is 0 Å². The number of rotatable bonds is 3. The number of aromatic nitrogens is 3. The normalized spacial score (nSPS) is 10.2. The van der Waals surface area contributed by atoms with E-state index in [0.717, 1.165) is 15.9 Å². The minimum absolute atomic E-state index is 0.674. The zero-order chi connectivity index (χ0) is 10.7. The fourth-order valence-electron chi connectivity index (χ4n) is 1.29. The summed E-state index contributed by atoms with van der Waals surface area (Å²) in [4.78, 5) is 4.24. The summed E-state index contributed by atoms with van der Waals surface area (Å²) in [6, 6.07) is 5.84. The second-order valence-corrected chi connectivity index (χ2v) is 3.94. The molecule has 0 fully saturated rings. The average Bonchev–Trinajstić information content (AvgIpc) is 2.60. The molecular weight excluding hydrogens is 254 g/mol. The molecule has 0 radical (unpaired) electrons. The van der Waals surface area contributed by atoms with Crippen LogP contribution in [0.25, 0.3) is 6.08 Å². The van der Waals surface area contributed by atoms with Crippen molar-refractivity contribution in [3.8, 4) is 0 Å². The predicted octanol–water partition coefficient (Wildman–Crippen LogP) is 2.73. The van der Waals surface area contributed by atoms with Crippen LogP contribution in [0.3, 0.4) is 0 Å². The van der Waals surface area contributed by atoms with Crippen LogP contribution >= 0.6 is 15.9 Å². The fraction of sp³-hybridized carbons (Fsp3) is 0.0909. The molecule has 0 aliphatic heterocycles. The third kappa shape index (κ3) is 2.33. The first-order chi connectivity index (χ1) is 7.29. The van der Waals surface area contributed by atoms with Crippen LogP contribution in [0.2, 0.25) is 0 Å². The number of pyridine rings is 1. The second kappa shape index (κ2) is 4.40. The van der Waals surface area contributed by atoms with E-state index in [1.807, 2.05) is 29.1 Å². The van der Waals surface area contributed by atoms with Gasteiger partial charge < -0.3 is 0 Å². The highest BCUT2D eigenvalue weighted by atomic mass is 79.9. The smallest absolute Gasteiger partial charge is 0.0987 e. The Labute approximate surface area is 96.6 Å². The molecule has 0 unspecified atom stereocenters. The molecule has 2 rings (SSSR count). The van der Waals surface area contributed by atoms with Gasteiger partial charge in [-0.2, -0.15) is 5.10 Å². The van der Waals surface area contributed by atoms with E-state index in [2.05, 4.69) is 32.6 Å². The maximum Gasteiger partial charge on any atom is 0.0987 e. The van der Waals surface area contributed by atoms with Crippen LogP contribution in [0, 0.1) is 0 Å². The maximum absolute atomic E-state index is 4.34. The minimum Gasteiger partial charge on any atom is -0.265 e. The summed E-state index contributed by atoms with van der Waals surface area (Å²) < 4.78 is 2.79. The van der Waals surface area contributed by atoms with E-state index in [-0.39, 0.29) is 0 Å². The highest BCUT2D eigenvalue weighted by Gasteiger charge is 2.03. The van der Waals surface area contributed by atoms with Gasteiger partial charge in [-0.15, -0.1) is 0 Å². The van der Waals surface area contributed by atoms with Crippen molar-refractivity contribution in [3.05, 3.63) is 53.0 Å². The largest absolute Gasteiger partial charge is 0.265 e. The lowest BCUT2D eigenvalue weighted by atomic mass is 10.3. The van der Waals surface area contributed by atoms with Crippen LogP contribution in [-0.2, 0) is 6.54 Å². The van der Waals surface area contributed by atoms with Gasteiger partial charge in [0.25, 0.3) is 0 Å². The molecule has 2 heterocycles. The standard InChI is InChI=1S/C11H10BrN3/c1-2-11-10(12)8-15(14-11)7-9-5-3-4-6-13-9/h2-6,8H,1,7H2. The van der Waals surface area contributed by atoms with Gasteiger partial charge in [-0.3, -0.25) is 9.67 Å². The molecule has 0 N–H and O–H groups in total. The van der Waals surface area contributed by atoms with Gasteiger partial charge in [0.1, 0.15) is 0 Å². The summed E-state index contributed by atoms with van der Waals surface area (Å²) in [6.07, 6.45) is 5.42. The van der Waals surface area contributed by atoms with E-state index in [9.17, 15) is 0 Å². The molecule has 0 bridgehead atoms. The van der Waals surface area contributed by atoms with E-state index in [1.165, 1.54) is 0 Å². The molecule has 0 atom stereocenters. The molecule has 0 aromatic carbocycles. The Kier molecular flexibility index (Phi) is 2.97. The van der Waals surface area contributed by atoms with Gasteiger partial charge in [-0.25, -0.2) is 0 Å². The lowest BCUT2D eigenvalue weighted by molar-refractivity contribution is 0.671. The molecule has 0 saturated carbocycles. The van der Waals surface area contributed by atoms with Gasteiger partial charge in [0.2, 0.25) is 0 Å². The number of halogens is 1. The first-order valence-corrected chi connectivity index (χ1v) is 5.34. The van der Waals surface area contributed by atoms with Gasteiger partial charge in [-0.1, -0.05) is 12.6 Å². The Morgan fingerprint density at radius 2 is 2.33 bits per heavy atom. The molecule has 15 heavy (non-hydrogen) atoms. The van der Waals surface area contributed by atoms with Crippen molar-refractivity contribution in [1.82, 2.24) is 14.8 Å². The van der Waals surface area contributed by atoms with Crippen LogP contribution in [0.4, 0.5) is 0 Å². The number of hydrogen-bond donors (Lipinski definition) is 0. The third-order valence-electron chi connectivity index (χ3n) is 1.99. The Bertz CT molecular complexity index is 462. The van der Waals surface area contributed by atoms with Crippen LogP contribution in [0.15, 0.2) is 41.6 Å². The third-order valence-corrected chi connectivity index (χ3v) is 2.60. The summed E-state index contributed by atoms with van der Waals surface area (Å²) in [7, 11) is 0. The topological polar surface area (TPSA) is 30.7 Å². The fourth-order valence-corrected chi connectivity index (χ4v) is 1.77. The van der Waals surface area contributed by atoms with Gasteiger partial charge in [-0.05, 0) is 34.1 Å². The number of hydrogen-bond acceptors (Lipinski definition) is 2. The molecule has 0 spiro atoms. The minimum atomic E-state index is 0.674. The summed E-state index contributed by atoms with van der Waals surface area (Å²) in [6.45, 7) is 4.36. The maximum atomic E-state index is 4.34. The van der Waals surface area contributed by atoms with Crippen molar-refractivity contribution >= 4 is 22.0 Å². The molecule has 0 aliphatic rings. The van der Waals surface area contributed by atoms with E-state index in [1.54, 1.807) is 12.3 Å². The van der Waals surface area contributed by atoms with Crippen LogP contribution in [0.1, 0.15) is 11.4 Å². The molecule has 2 aromatic heterocycles. The van der Waals surface area contributed by atoms with E-state index in [4.69, 9.17) is 0 Å². The van der Waals surface area contributed by atoms with Gasteiger partial charge in [0.15, 0.2) is 0 Å². The highest BCUT2D eigenvalue weighted by Crippen LogP contribution is 2.16. The summed E-state index contributed by atoms with van der Waals surface area (Å²) >= 11 is 3.42. The Morgan fingerprint density at radius 3 is 2.93 bits per heavy atom. The van der Waals surface area contributed by atoms with Crippen LogP contribution in [0.5, 0.6) is 0 Å². The summed E-state index contributed by atoms with van der Waals surface area (Å²) in [5, 5.41) is 4.34. The Morgan fingerprint density at radius 1 is 1.47 bits per heavy atom. The Hall–Kier alpha value is -1.42. The second-order valence-electron chi connectivity index (χ2n) is 3.09. The van der Waals surface area contributed by atoms with Gasteiger partial charge in [0, 0.05) is 12.4 Å². The van der Waals surface area contributed by atoms with E-state index < -0.39 is 0 Å². The predicted molar refractivity (Wildman–Crippen MR) is 63.4 cm³/mol. The van der Waals surface area contributed by atoms with Crippen molar-refractivity contribution in [3.63, 3.8) is 0 Å². The van der Waals surface area contributed by atoms with Crippen LogP contribution in [-0.4, -0.2) is 14.8 Å². The molecule has 0 amide bonds. The molecule has 2 aromatic rings. The van der Waals surface area contributed by atoms with Crippen molar-refractivity contribution in [2.45, 2.75) is 6.54 Å². The van der Waals surface area contributed by atoms with Gasteiger partial charge in [0.05, 0.1) is 22.4 Å². The van der Waals surface area contributed by atoms with Gasteiger partial charge >= 0.3 is 0 Å². The summed E-state index contributed by atoms with van der Waals surface area (Å²) in [5.41, 5.74) is 1.84. The first kappa shape index (κ1) is 10.1. The molecular formula is C11H10BrN3. The molecule has 4 heteroatoms. The van der Waals surface area contributed by atoms with E-state index in [0.29, 0.717) is 6.54 Å². The van der Waals surface area contributed by atoms with Crippen molar-refractivity contribution < 1.29 is 0 Å². The first-order valence-electron chi connectivity index (χ1n) is 4.55. The SMILES string of the molecule is C=Cc1nn(Cc2ccccn2)cc1Br. The lowest BCUT2D eigenvalue weighted by Crippen LogP contribution is -2.01. The quantitative estimate of drug-likeness (QED) is 0.853. The lowest BCUT2D eigenvalue weighted by Gasteiger charge is -1.99. The average molecular weight is 264 g/mol. The van der Waals surface area contributed by atoms with Crippen molar-refractivity contribution in [2.75, 3.05) is 0 Å². The molecule has 3 nitrogen and oxygen atoms in total. The van der Waals surface area contributed by atoms with Crippen molar-refractivity contribution in [2.24, 2.45) is 0 Å². The zero-order valence-corrected chi connectivity index (χ0v) is 9.68. The Balaban J connectivity index is 2.21. The monoisotopic (exact) mass is 263 g/mol. The van der Waals surface area contributed by atoms with Crippen LogP contribution < -0.4 is 0 Å². The zero-order valence-electron chi connectivity index (χ0n) is 8.10. The molecule has 0 saturated heterocycles. The summed E-state index contributed by atoms with van der Waals surface area (Å²) in [5.74, 6) is 0. The molecule has 76 valence electrons. The highest BCUT2D eigenvalue weighted by molar-refractivity contribution is 9.10. The molecule has 0 aliphatic carbocycles. The van der Waals surface area contributed by atoms with E-state index >= 15 is 0 Å². The number of nitrogens with zero attached hydrogens (tertiary/aromatic N) is 3.